The first-order valence-corrected chi connectivity index (χ1v) is 4.12. The second-order valence-corrected chi connectivity index (χ2v) is 3.87. The molecule has 1 aliphatic carbocycles. The van der Waals surface area contributed by atoms with Crippen LogP contribution in [0.3, 0.4) is 0 Å². The highest BCUT2D eigenvalue weighted by Crippen LogP contribution is 2.45. The number of fused-ring (bicyclic) bond motifs is 1. The summed E-state index contributed by atoms with van der Waals surface area (Å²) in [5.41, 5.74) is 0. The van der Waals surface area contributed by atoms with Crippen molar-refractivity contribution >= 4 is 0 Å². The monoisotopic (exact) mass is 141 g/mol. The fourth-order valence-corrected chi connectivity index (χ4v) is 1.95. The maximum absolute atomic E-state index is 9.22. The number of nitrogens with zero attached hydrogens (tertiary/aromatic N) is 1. The van der Waals surface area contributed by atoms with Gasteiger partial charge in [-0.05, 0) is 13.8 Å². The van der Waals surface area contributed by atoms with E-state index in [-0.39, 0.29) is 6.10 Å². The molecular formula is C8H15NO. The average molecular weight is 141 g/mol. The fourth-order valence-electron chi connectivity index (χ4n) is 1.95. The lowest BCUT2D eigenvalue weighted by molar-refractivity contribution is 0.168. The summed E-state index contributed by atoms with van der Waals surface area (Å²) >= 11 is 0. The van der Waals surface area contributed by atoms with Gasteiger partial charge in [-0.25, -0.2) is 0 Å². The zero-order valence-corrected chi connectivity index (χ0v) is 6.62. The topological polar surface area (TPSA) is 23.5 Å². The number of piperidine rings is 1. The predicted octanol–water partition coefficient (Wildman–Crippen LogP) is 0.317. The van der Waals surface area contributed by atoms with Crippen LogP contribution in [-0.2, 0) is 0 Å². The van der Waals surface area contributed by atoms with Crippen LogP contribution in [0.1, 0.15) is 13.8 Å². The standard InChI is InChI=1S/C8H15NO/c1-5(2)9-3-6-7(4-9)8(6)10/h5-8,10H,3-4H2,1-2H3/t6-,7+,8+. The lowest BCUT2D eigenvalue weighted by atomic mass is 10.3. The molecule has 2 aliphatic rings. The summed E-state index contributed by atoms with van der Waals surface area (Å²) in [4.78, 5) is 2.45. The molecule has 58 valence electrons. The normalized spacial score (nSPS) is 46.2. The molecule has 3 atom stereocenters. The van der Waals surface area contributed by atoms with Crippen molar-refractivity contribution in [3.05, 3.63) is 0 Å². The molecule has 1 N–H and O–H groups in total. The largest absolute Gasteiger partial charge is 0.392 e. The third-order valence-corrected chi connectivity index (χ3v) is 2.91. The van der Waals surface area contributed by atoms with Crippen LogP contribution >= 0.6 is 0 Å². The summed E-state index contributed by atoms with van der Waals surface area (Å²) in [6.07, 6.45) is 0.0509. The molecule has 1 aliphatic heterocycles. The summed E-state index contributed by atoms with van der Waals surface area (Å²) < 4.78 is 0. The second-order valence-electron chi connectivity index (χ2n) is 3.87. The van der Waals surface area contributed by atoms with Crippen LogP contribution in [0.15, 0.2) is 0 Å². The number of rotatable bonds is 1. The molecule has 0 aromatic carbocycles. The second kappa shape index (κ2) is 1.95. The van der Waals surface area contributed by atoms with Gasteiger partial charge in [-0.2, -0.15) is 0 Å². The van der Waals surface area contributed by atoms with Crippen LogP contribution in [0, 0.1) is 11.8 Å². The number of likely N-dealkylation sites (tertiary alicyclic amines) is 1. The van der Waals surface area contributed by atoms with Crippen molar-refractivity contribution in [3.8, 4) is 0 Å². The van der Waals surface area contributed by atoms with Crippen molar-refractivity contribution in [2.24, 2.45) is 11.8 Å². The molecule has 0 aromatic rings. The van der Waals surface area contributed by atoms with Gasteiger partial charge < -0.3 is 10.0 Å². The summed E-state index contributed by atoms with van der Waals surface area (Å²) in [5.74, 6) is 1.25. The quantitative estimate of drug-likeness (QED) is 0.568. The lowest BCUT2D eigenvalue weighted by Gasteiger charge is -2.22. The molecule has 0 unspecified atom stereocenters. The molecule has 0 amide bonds. The van der Waals surface area contributed by atoms with E-state index < -0.39 is 0 Å². The molecule has 0 radical (unpaired) electrons. The number of hydrogen-bond acceptors (Lipinski definition) is 2. The highest BCUT2D eigenvalue weighted by atomic mass is 16.3. The Morgan fingerprint density at radius 3 is 2.20 bits per heavy atom. The van der Waals surface area contributed by atoms with Gasteiger partial charge in [0.15, 0.2) is 0 Å². The van der Waals surface area contributed by atoms with E-state index in [9.17, 15) is 5.11 Å². The third kappa shape index (κ3) is 0.789. The van der Waals surface area contributed by atoms with Crippen LogP contribution in [-0.4, -0.2) is 35.2 Å². The SMILES string of the molecule is CC(C)N1C[C@@H]2[C@@H](O)[C@@H]2C1. The van der Waals surface area contributed by atoms with Gasteiger partial charge in [0.1, 0.15) is 0 Å². The van der Waals surface area contributed by atoms with Crippen molar-refractivity contribution < 1.29 is 5.11 Å². The van der Waals surface area contributed by atoms with Gasteiger partial charge in [-0.15, -0.1) is 0 Å². The molecule has 0 aromatic heterocycles. The maximum atomic E-state index is 9.22. The van der Waals surface area contributed by atoms with Gasteiger partial charge >= 0.3 is 0 Å². The van der Waals surface area contributed by atoms with Gasteiger partial charge in [0.25, 0.3) is 0 Å². The van der Waals surface area contributed by atoms with Gasteiger partial charge in [0, 0.05) is 31.0 Å². The minimum absolute atomic E-state index is 0.0509. The first-order valence-electron chi connectivity index (χ1n) is 4.12. The summed E-state index contributed by atoms with van der Waals surface area (Å²) in [7, 11) is 0. The van der Waals surface area contributed by atoms with E-state index >= 15 is 0 Å². The van der Waals surface area contributed by atoms with Crippen LogP contribution in [0.5, 0.6) is 0 Å². The molecular weight excluding hydrogens is 126 g/mol. The Bertz CT molecular complexity index is 134. The van der Waals surface area contributed by atoms with Gasteiger partial charge in [-0.3, -0.25) is 0 Å². The Morgan fingerprint density at radius 1 is 1.30 bits per heavy atom. The Morgan fingerprint density at radius 2 is 1.80 bits per heavy atom. The Kier molecular flexibility index (Phi) is 1.29. The van der Waals surface area contributed by atoms with Crippen LogP contribution in [0.2, 0.25) is 0 Å². The predicted molar refractivity (Wildman–Crippen MR) is 39.7 cm³/mol. The van der Waals surface area contributed by atoms with E-state index in [1.54, 1.807) is 0 Å². The molecule has 2 fully saturated rings. The maximum Gasteiger partial charge on any atom is 0.0629 e. The van der Waals surface area contributed by atoms with E-state index in [0.717, 1.165) is 13.1 Å². The highest BCUT2D eigenvalue weighted by molar-refractivity contribution is 5.06. The zero-order valence-electron chi connectivity index (χ0n) is 6.62. The third-order valence-electron chi connectivity index (χ3n) is 2.91. The van der Waals surface area contributed by atoms with Crippen LogP contribution in [0.4, 0.5) is 0 Å². The highest BCUT2D eigenvalue weighted by Gasteiger charge is 2.55. The molecule has 1 heterocycles. The van der Waals surface area contributed by atoms with E-state index in [0.29, 0.717) is 17.9 Å². The summed E-state index contributed by atoms with van der Waals surface area (Å²) in [6.45, 7) is 6.70. The summed E-state index contributed by atoms with van der Waals surface area (Å²) in [6, 6.07) is 0.667. The minimum atomic E-state index is 0.0509. The van der Waals surface area contributed by atoms with Crippen LogP contribution in [0.25, 0.3) is 0 Å². The molecule has 1 saturated carbocycles. The molecule has 2 heteroatoms. The fraction of sp³-hybridized carbons (Fsp3) is 1.00. The Balaban J connectivity index is 1.89. The van der Waals surface area contributed by atoms with Gasteiger partial charge in [0.2, 0.25) is 0 Å². The van der Waals surface area contributed by atoms with Gasteiger partial charge in [0.05, 0.1) is 6.10 Å². The molecule has 0 bridgehead atoms. The molecule has 1 saturated heterocycles. The van der Waals surface area contributed by atoms with Crippen molar-refractivity contribution in [2.75, 3.05) is 13.1 Å². The van der Waals surface area contributed by atoms with E-state index in [2.05, 4.69) is 18.7 Å². The Labute approximate surface area is 61.8 Å². The first kappa shape index (κ1) is 6.62. The molecule has 10 heavy (non-hydrogen) atoms. The molecule has 2 nitrogen and oxygen atoms in total. The van der Waals surface area contributed by atoms with E-state index in [4.69, 9.17) is 0 Å². The van der Waals surface area contributed by atoms with Crippen molar-refractivity contribution in [2.45, 2.75) is 26.0 Å². The van der Waals surface area contributed by atoms with Crippen molar-refractivity contribution in [3.63, 3.8) is 0 Å². The lowest BCUT2D eigenvalue weighted by Crippen LogP contribution is -2.31. The summed E-state index contributed by atoms with van der Waals surface area (Å²) in [5, 5.41) is 9.22. The minimum Gasteiger partial charge on any atom is -0.392 e. The average Bonchev–Trinajstić information content (AvgIpc) is 2.38. The Hall–Kier alpha value is -0.0800. The molecule has 2 rings (SSSR count). The van der Waals surface area contributed by atoms with E-state index in [1.165, 1.54) is 0 Å². The van der Waals surface area contributed by atoms with Crippen molar-refractivity contribution in [1.82, 2.24) is 4.90 Å². The van der Waals surface area contributed by atoms with E-state index in [1.807, 2.05) is 0 Å². The van der Waals surface area contributed by atoms with Crippen LogP contribution < -0.4 is 0 Å². The van der Waals surface area contributed by atoms with Crippen molar-refractivity contribution in [1.29, 1.82) is 0 Å². The van der Waals surface area contributed by atoms with Gasteiger partial charge in [-0.1, -0.05) is 0 Å². The zero-order chi connectivity index (χ0) is 7.30. The number of aliphatic hydroxyl groups is 1. The molecule has 0 spiro atoms. The number of hydrogen-bond donors (Lipinski definition) is 1. The smallest absolute Gasteiger partial charge is 0.0629 e. The number of aliphatic hydroxyl groups excluding tert-OH is 1. The first-order chi connectivity index (χ1) is 4.70.